The summed E-state index contributed by atoms with van der Waals surface area (Å²) in [7, 11) is 3.31. The predicted molar refractivity (Wildman–Crippen MR) is 207 cm³/mol. The molecule has 0 N–H and O–H groups in total. The van der Waals surface area contributed by atoms with Gasteiger partial charge in [-0.05, 0) is 65.1 Å². The first-order chi connectivity index (χ1) is 26.1. The number of benzene rings is 4. The first-order valence-corrected chi connectivity index (χ1v) is 19.1. The Bertz CT molecular complexity index is 1650. The Labute approximate surface area is 315 Å². The zero-order valence-corrected chi connectivity index (χ0v) is 31.4. The van der Waals surface area contributed by atoms with Crippen LogP contribution in [0.3, 0.4) is 0 Å². The van der Waals surface area contributed by atoms with Gasteiger partial charge in [-0.1, -0.05) is 110 Å². The van der Waals surface area contributed by atoms with Crippen molar-refractivity contribution < 1.29 is 33.2 Å². The highest BCUT2D eigenvalue weighted by atomic mass is 16.7. The van der Waals surface area contributed by atoms with Crippen LogP contribution in [0.4, 0.5) is 4.79 Å². The van der Waals surface area contributed by atoms with Gasteiger partial charge in [0.25, 0.3) is 0 Å². The number of hydrogen-bond acceptors (Lipinski definition) is 7. The van der Waals surface area contributed by atoms with Crippen LogP contribution in [-0.2, 0) is 47.8 Å². The molecule has 9 heteroatoms. The van der Waals surface area contributed by atoms with Crippen molar-refractivity contribution in [2.45, 2.75) is 69.4 Å². The normalized spacial score (nSPS) is 21.1. The molecule has 1 aliphatic heterocycles. The van der Waals surface area contributed by atoms with Crippen LogP contribution < -0.4 is 0 Å². The van der Waals surface area contributed by atoms with E-state index in [0.717, 1.165) is 34.9 Å². The molecule has 4 atom stereocenters. The molecule has 0 spiro atoms. The summed E-state index contributed by atoms with van der Waals surface area (Å²) in [4.78, 5) is 19.7. The standard InChI is InChI=1S/C44H56N2O7/c1-48-23-25-50-32-52-42-40(28-34-13-5-3-6-14-34)45(30-36-17-9-10-18-36)44(47)46(31-37-21-22-38-19-11-12-20-39(38)27-37)41(29-35-15-7-4-8-16-35)43(42)53-33-51-26-24-49-2/h3-8,11-16,19-22,27,36,40-43H,9-10,17-18,23-26,28-33H2,1-2H3/t40-,41-,42+,43+/m1/s1. The summed E-state index contributed by atoms with van der Waals surface area (Å²) in [6.07, 6.45) is 4.67. The minimum atomic E-state index is -0.560. The smallest absolute Gasteiger partial charge is 0.321 e. The Morgan fingerprint density at radius 2 is 1.11 bits per heavy atom. The first-order valence-electron chi connectivity index (χ1n) is 19.1. The third kappa shape index (κ3) is 10.9. The van der Waals surface area contributed by atoms with Gasteiger partial charge >= 0.3 is 6.03 Å². The number of methoxy groups -OCH3 is 2. The summed E-state index contributed by atoms with van der Waals surface area (Å²) in [5.74, 6) is 0.417. The summed E-state index contributed by atoms with van der Waals surface area (Å²) < 4.78 is 36.2. The molecule has 1 saturated heterocycles. The van der Waals surface area contributed by atoms with Crippen LogP contribution >= 0.6 is 0 Å². The van der Waals surface area contributed by atoms with Crippen molar-refractivity contribution >= 4 is 16.8 Å². The molecule has 284 valence electrons. The van der Waals surface area contributed by atoms with Gasteiger partial charge in [-0.3, -0.25) is 0 Å². The van der Waals surface area contributed by atoms with Crippen LogP contribution in [0.1, 0.15) is 42.4 Å². The molecule has 0 unspecified atom stereocenters. The number of fused-ring (bicyclic) bond motifs is 1. The second kappa shape index (κ2) is 20.6. The average Bonchev–Trinajstić information content (AvgIpc) is 3.70. The van der Waals surface area contributed by atoms with E-state index in [1.807, 2.05) is 24.3 Å². The van der Waals surface area contributed by atoms with Gasteiger partial charge in [0, 0.05) is 27.3 Å². The van der Waals surface area contributed by atoms with Crippen molar-refractivity contribution in [1.29, 1.82) is 0 Å². The molecule has 1 heterocycles. The summed E-state index contributed by atoms with van der Waals surface area (Å²) in [5, 5.41) is 2.31. The molecule has 0 aromatic heterocycles. The Balaban J connectivity index is 1.46. The SMILES string of the molecule is COCCOCO[C@@H]1[C@@H](OCOCCOC)[C@@H](Cc2ccccc2)N(CC2CCCC2)C(=O)N(Cc2ccc3ccccc3c2)[C@@H]1Cc1ccccc1. The lowest BCUT2D eigenvalue weighted by molar-refractivity contribution is -0.192. The number of nitrogens with zero attached hydrogens (tertiary/aromatic N) is 2. The van der Waals surface area contributed by atoms with Gasteiger partial charge in [-0.2, -0.15) is 0 Å². The van der Waals surface area contributed by atoms with Crippen LogP contribution in [0.2, 0.25) is 0 Å². The monoisotopic (exact) mass is 724 g/mol. The largest absolute Gasteiger partial charge is 0.382 e. The van der Waals surface area contributed by atoms with Gasteiger partial charge in [0.05, 0.1) is 38.5 Å². The lowest BCUT2D eigenvalue weighted by Crippen LogP contribution is -2.54. The van der Waals surface area contributed by atoms with Crippen molar-refractivity contribution in [3.8, 4) is 0 Å². The van der Waals surface area contributed by atoms with Gasteiger partial charge in [0.2, 0.25) is 0 Å². The highest BCUT2D eigenvalue weighted by Crippen LogP contribution is 2.35. The Morgan fingerprint density at radius 1 is 0.585 bits per heavy atom. The van der Waals surface area contributed by atoms with Gasteiger partial charge in [0.15, 0.2) is 0 Å². The number of ether oxygens (including phenoxy) is 6. The molecule has 2 amide bonds. The molecular formula is C44H56N2O7. The summed E-state index contributed by atoms with van der Waals surface area (Å²) in [5.41, 5.74) is 3.31. The second-order valence-corrected chi connectivity index (χ2v) is 14.2. The van der Waals surface area contributed by atoms with Crippen LogP contribution in [-0.4, -0.2) is 101 Å². The fourth-order valence-corrected chi connectivity index (χ4v) is 7.88. The third-order valence-electron chi connectivity index (χ3n) is 10.6. The predicted octanol–water partition coefficient (Wildman–Crippen LogP) is 7.50. The first kappa shape index (κ1) is 38.9. The highest BCUT2D eigenvalue weighted by Gasteiger charge is 2.49. The molecule has 9 nitrogen and oxygen atoms in total. The maximum absolute atomic E-state index is 15.6. The second-order valence-electron chi connectivity index (χ2n) is 14.2. The third-order valence-corrected chi connectivity index (χ3v) is 10.6. The van der Waals surface area contributed by atoms with Crippen molar-refractivity contribution in [2.24, 2.45) is 5.92 Å². The van der Waals surface area contributed by atoms with Gasteiger partial charge in [0.1, 0.15) is 25.8 Å². The fraction of sp³-hybridized carbons (Fsp3) is 0.477. The van der Waals surface area contributed by atoms with E-state index in [9.17, 15) is 0 Å². The Kier molecular flexibility index (Phi) is 15.1. The van der Waals surface area contributed by atoms with Crippen molar-refractivity contribution in [3.63, 3.8) is 0 Å². The number of carbonyl (C=O) groups is 1. The minimum absolute atomic E-state index is 0.00669. The van der Waals surface area contributed by atoms with E-state index in [2.05, 4.69) is 88.7 Å². The van der Waals surface area contributed by atoms with Crippen LogP contribution in [0.25, 0.3) is 10.8 Å². The summed E-state index contributed by atoms with van der Waals surface area (Å²) in [6.45, 7) is 2.83. The molecule has 4 aromatic carbocycles. The summed E-state index contributed by atoms with van der Waals surface area (Å²) >= 11 is 0. The van der Waals surface area contributed by atoms with Crippen molar-refractivity contribution in [3.05, 3.63) is 120 Å². The zero-order valence-electron chi connectivity index (χ0n) is 31.4. The number of hydrogen-bond donors (Lipinski definition) is 0. The molecule has 4 aromatic rings. The van der Waals surface area contributed by atoms with Gasteiger partial charge in [-0.25, -0.2) is 4.79 Å². The molecule has 1 aliphatic carbocycles. The Morgan fingerprint density at radius 3 is 1.68 bits per heavy atom. The van der Waals surface area contributed by atoms with E-state index >= 15 is 4.79 Å². The zero-order chi connectivity index (χ0) is 36.7. The maximum Gasteiger partial charge on any atom is 0.321 e. The topological polar surface area (TPSA) is 78.9 Å². The average molecular weight is 725 g/mol. The molecular weight excluding hydrogens is 668 g/mol. The van der Waals surface area contributed by atoms with Crippen LogP contribution in [0, 0.1) is 5.92 Å². The molecule has 2 fully saturated rings. The Hall–Kier alpha value is -3.83. The van der Waals surface area contributed by atoms with E-state index in [4.69, 9.17) is 28.4 Å². The fourth-order valence-electron chi connectivity index (χ4n) is 7.88. The van der Waals surface area contributed by atoms with E-state index in [1.165, 1.54) is 18.2 Å². The van der Waals surface area contributed by atoms with Crippen LogP contribution in [0.15, 0.2) is 103 Å². The van der Waals surface area contributed by atoms with E-state index in [-0.39, 0.29) is 25.7 Å². The number of urea groups is 1. The number of rotatable bonds is 20. The van der Waals surface area contributed by atoms with Crippen LogP contribution in [0.5, 0.6) is 0 Å². The molecule has 0 radical (unpaired) electrons. The van der Waals surface area contributed by atoms with Gasteiger partial charge < -0.3 is 38.2 Å². The van der Waals surface area contributed by atoms with E-state index < -0.39 is 18.2 Å². The van der Waals surface area contributed by atoms with Crippen molar-refractivity contribution in [2.75, 3.05) is 60.8 Å². The van der Waals surface area contributed by atoms with Crippen molar-refractivity contribution in [1.82, 2.24) is 9.80 Å². The number of carbonyl (C=O) groups excluding carboxylic acids is 1. The summed E-state index contributed by atoms with van der Waals surface area (Å²) in [6, 6.07) is 34.9. The molecule has 1 saturated carbocycles. The lowest BCUT2D eigenvalue weighted by Gasteiger charge is -2.38. The van der Waals surface area contributed by atoms with Gasteiger partial charge in [-0.15, -0.1) is 0 Å². The molecule has 2 aliphatic rings. The quantitative estimate of drug-likeness (QED) is 0.0690. The molecule has 0 bridgehead atoms. The lowest BCUT2D eigenvalue weighted by atomic mass is 9.90. The minimum Gasteiger partial charge on any atom is -0.382 e. The molecule has 53 heavy (non-hydrogen) atoms. The highest BCUT2D eigenvalue weighted by molar-refractivity contribution is 5.83. The molecule has 6 rings (SSSR count). The van der Waals surface area contributed by atoms with E-state index in [1.54, 1.807) is 14.2 Å². The van der Waals surface area contributed by atoms with E-state index in [0.29, 0.717) is 58.3 Å². The maximum atomic E-state index is 15.6. The number of amides is 2.